The maximum absolute atomic E-state index is 6.68. The van der Waals surface area contributed by atoms with Crippen molar-refractivity contribution in [2.24, 2.45) is 0 Å². The van der Waals surface area contributed by atoms with E-state index in [1.54, 1.807) is 12.6 Å². The van der Waals surface area contributed by atoms with Gasteiger partial charge in [0.05, 0.1) is 13.0 Å². The Morgan fingerprint density at radius 1 is 1.36 bits per heavy atom. The Labute approximate surface area is 89.3 Å². The molecule has 5 aliphatic rings. The summed E-state index contributed by atoms with van der Waals surface area (Å²) < 4.78 is 6.68. The van der Waals surface area contributed by atoms with Gasteiger partial charge in [0.1, 0.15) is 0 Å². The van der Waals surface area contributed by atoms with Crippen molar-refractivity contribution >= 4 is 23.5 Å². The van der Waals surface area contributed by atoms with Crippen LogP contribution in [0.1, 0.15) is 19.8 Å². The van der Waals surface area contributed by atoms with E-state index < -0.39 is 16.1 Å². The monoisotopic (exact) mass is 242 g/mol. The molecule has 5 aliphatic heterocycles. The van der Waals surface area contributed by atoms with Gasteiger partial charge in [-0.2, -0.15) is 0 Å². The topological polar surface area (TPSA) is 9.23 Å². The van der Waals surface area contributed by atoms with Crippen molar-refractivity contribution in [3.63, 3.8) is 0 Å². The predicted octanol–water partition coefficient (Wildman–Crippen LogP) is 3.47. The van der Waals surface area contributed by atoms with Crippen molar-refractivity contribution in [1.82, 2.24) is 0 Å². The van der Waals surface area contributed by atoms with Crippen molar-refractivity contribution in [3.05, 3.63) is 0 Å². The lowest BCUT2D eigenvalue weighted by atomic mass is 10.0. The molecule has 0 N–H and O–H groups in total. The summed E-state index contributed by atoms with van der Waals surface area (Å²) >= 11 is 0. The zero-order valence-electron chi connectivity index (χ0n) is 9.55. The van der Waals surface area contributed by atoms with Crippen LogP contribution < -0.4 is 0 Å². The summed E-state index contributed by atoms with van der Waals surface area (Å²) in [6.07, 6.45) is 4.66. The molecule has 0 aromatic carbocycles. The molecule has 4 heteroatoms. The summed E-state index contributed by atoms with van der Waals surface area (Å²) in [5.74, 6) is 0. The molecule has 1 spiro atoms. The van der Waals surface area contributed by atoms with E-state index in [4.69, 9.17) is 4.43 Å². The van der Waals surface area contributed by atoms with Crippen LogP contribution in [0.5, 0.6) is 0 Å². The number of rotatable bonds is 1. The first kappa shape index (κ1) is 8.92. The van der Waals surface area contributed by atoms with Crippen LogP contribution in [0.15, 0.2) is 0 Å². The summed E-state index contributed by atoms with van der Waals surface area (Å²) in [6.45, 7) is 10.2. The minimum atomic E-state index is -1.05. The highest BCUT2D eigenvalue weighted by Crippen LogP contribution is 3.02. The smallest absolute Gasteiger partial charge is 0.231 e. The zero-order chi connectivity index (χ0) is 9.98. The van der Waals surface area contributed by atoms with E-state index in [9.17, 15) is 0 Å². The van der Waals surface area contributed by atoms with Crippen LogP contribution in [0.3, 0.4) is 0 Å². The molecule has 0 aromatic rings. The van der Waals surface area contributed by atoms with Crippen LogP contribution in [-0.2, 0) is 4.43 Å². The largest absolute Gasteiger partial charge is 0.406 e. The third-order valence-electron chi connectivity index (χ3n) is 5.48. The summed E-state index contributed by atoms with van der Waals surface area (Å²) in [5, 5.41) is 0.781. The molecule has 0 amide bonds. The van der Waals surface area contributed by atoms with E-state index in [1.165, 1.54) is 6.42 Å². The van der Waals surface area contributed by atoms with E-state index in [0.717, 1.165) is 10.6 Å². The fraction of sp³-hybridized carbons (Fsp3) is 1.00. The van der Waals surface area contributed by atoms with E-state index in [1.807, 2.05) is 0 Å². The van der Waals surface area contributed by atoms with Crippen molar-refractivity contribution in [3.8, 4) is 0 Å². The number of hydrogen-bond acceptors (Lipinski definition) is 1. The standard InChI is InChI=1S/C10H19OPSi2/c1-9-5-8-6-10(13(2,3)4)11-14(8,9)12(10)7-9/h8H,5-7H2,1-4H3. The van der Waals surface area contributed by atoms with Gasteiger partial charge in [-0.25, -0.2) is 0 Å². The van der Waals surface area contributed by atoms with Gasteiger partial charge in [0.2, 0.25) is 7.98 Å². The highest BCUT2D eigenvalue weighted by atomic mass is 31.4. The SMILES string of the molecule is CC12CC3CC4([Si](C)(C)C)O[Si]31P4C2. The lowest BCUT2D eigenvalue weighted by Gasteiger charge is -2.78. The minimum Gasteiger partial charge on any atom is -0.406 e. The molecule has 78 valence electrons. The van der Waals surface area contributed by atoms with Crippen LogP contribution in [0.2, 0.25) is 30.2 Å². The molecular formula is C10H19OPSi2. The van der Waals surface area contributed by atoms with E-state index in [0.29, 0.717) is 12.4 Å². The van der Waals surface area contributed by atoms with Crippen LogP contribution in [0.25, 0.3) is 0 Å². The molecule has 0 aliphatic carbocycles. The molecule has 0 radical (unpaired) electrons. The van der Waals surface area contributed by atoms with E-state index in [-0.39, 0.29) is 0 Å². The van der Waals surface area contributed by atoms with Gasteiger partial charge in [-0.1, -0.05) is 34.0 Å². The van der Waals surface area contributed by atoms with Gasteiger partial charge in [0.25, 0.3) is 0 Å². The number of hydrogen-bond donors (Lipinski definition) is 0. The molecule has 14 heavy (non-hydrogen) atoms. The lowest BCUT2D eigenvalue weighted by Crippen LogP contribution is -2.78. The predicted molar refractivity (Wildman–Crippen MR) is 66.1 cm³/mol. The summed E-state index contributed by atoms with van der Waals surface area (Å²) in [5.41, 5.74) is 1.12. The third kappa shape index (κ3) is 0.536. The van der Waals surface area contributed by atoms with Crippen molar-refractivity contribution < 1.29 is 4.43 Å². The van der Waals surface area contributed by atoms with Gasteiger partial charge in [0.15, 0.2) is 0 Å². The van der Waals surface area contributed by atoms with Gasteiger partial charge in [-0.05, 0) is 29.6 Å². The molecule has 5 saturated heterocycles. The Hall–Kier alpha value is 0.824. The van der Waals surface area contributed by atoms with Crippen LogP contribution in [0, 0.1) is 0 Å². The van der Waals surface area contributed by atoms with Crippen molar-refractivity contribution in [2.75, 3.05) is 6.16 Å². The van der Waals surface area contributed by atoms with Gasteiger partial charge >= 0.3 is 0 Å². The molecule has 0 saturated carbocycles. The molecule has 5 atom stereocenters. The van der Waals surface area contributed by atoms with Gasteiger partial charge in [0, 0.05) is 0 Å². The average molecular weight is 242 g/mol. The molecule has 2 bridgehead atoms. The van der Waals surface area contributed by atoms with Crippen molar-refractivity contribution in [2.45, 2.75) is 55.0 Å². The zero-order valence-corrected chi connectivity index (χ0v) is 12.4. The highest BCUT2D eigenvalue weighted by molar-refractivity contribution is 8.04. The Morgan fingerprint density at radius 2 is 2.07 bits per heavy atom. The molecule has 5 heterocycles. The molecular weight excluding hydrogens is 223 g/mol. The second kappa shape index (κ2) is 1.87. The van der Waals surface area contributed by atoms with E-state index in [2.05, 4.69) is 26.6 Å². The maximum atomic E-state index is 6.68. The van der Waals surface area contributed by atoms with Crippen LogP contribution >= 0.6 is 7.47 Å². The summed E-state index contributed by atoms with van der Waals surface area (Å²) in [7, 11) is -1.64. The molecule has 0 aromatic heterocycles. The second-order valence-electron chi connectivity index (χ2n) is 7.08. The van der Waals surface area contributed by atoms with Crippen molar-refractivity contribution in [1.29, 1.82) is 0 Å². The lowest BCUT2D eigenvalue weighted by molar-refractivity contribution is 0.203. The normalized spacial score (nSPS) is 67.7. The maximum Gasteiger partial charge on any atom is 0.231 e. The molecule has 1 nitrogen and oxygen atoms in total. The van der Waals surface area contributed by atoms with Crippen LogP contribution in [-0.4, -0.2) is 27.2 Å². The summed E-state index contributed by atoms with van der Waals surface area (Å²) in [4.78, 5) is 0.537. The minimum absolute atomic E-state index is 0.437. The Balaban J connectivity index is 1.80. The fourth-order valence-electron chi connectivity index (χ4n) is 4.78. The first-order chi connectivity index (χ1) is 6.36. The summed E-state index contributed by atoms with van der Waals surface area (Å²) in [6, 6.07) is 0. The average Bonchev–Trinajstić information content (AvgIpc) is 2.37. The molecule has 5 rings (SSSR count). The van der Waals surface area contributed by atoms with Gasteiger partial charge in [-0.15, -0.1) is 0 Å². The third-order valence-corrected chi connectivity index (χ3v) is 26.5. The van der Waals surface area contributed by atoms with Gasteiger partial charge < -0.3 is 4.43 Å². The first-order valence-electron chi connectivity index (χ1n) is 5.84. The van der Waals surface area contributed by atoms with E-state index >= 15 is 0 Å². The van der Waals surface area contributed by atoms with Gasteiger partial charge in [-0.3, -0.25) is 0 Å². The second-order valence-corrected chi connectivity index (χ2v) is 21.9. The fourth-order valence-corrected chi connectivity index (χ4v) is 32.3. The highest BCUT2D eigenvalue weighted by Gasteiger charge is 2.94. The first-order valence-corrected chi connectivity index (χ1v) is 13.7. The van der Waals surface area contributed by atoms with Crippen LogP contribution in [0.4, 0.5) is 0 Å². The Bertz CT molecular complexity index is 355. The quantitative estimate of drug-likeness (QED) is 0.505. The Kier molecular flexibility index (Phi) is 1.19. The Morgan fingerprint density at radius 3 is 2.50 bits per heavy atom. The molecule has 5 unspecified atom stereocenters. The molecule has 5 fully saturated rings.